The average molecular weight is 384 g/mol. The normalized spacial score (nSPS) is 10.6. The second kappa shape index (κ2) is 8.18. The molecule has 6 nitrogen and oxygen atoms in total. The first kappa shape index (κ1) is 18.8. The lowest BCUT2D eigenvalue weighted by molar-refractivity contribution is 0.0526. The maximum atomic E-state index is 12.6. The van der Waals surface area contributed by atoms with Crippen LogP contribution in [-0.4, -0.2) is 34.5 Å². The van der Waals surface area contributed by atoms with Crippen LogP contribution in [0.1, 0.15) is 39.0 Å². The number of benzene rings is 1. The number of esters is 1. The summed E-state index contributed by atoms with van der Waals surface area (Å²) < 4.78 is 12.5. The zero-order valence-corrected chi connectivity index (χ0v) is 16.2. The number of hydrogen-bond acceptors (Lipinski definition) is 6. The number of aryl methyl sites for hydroxylation is 1. The Bertz CT molecular complexity index is 943. The highest BCUT2D eigenvalue weighted by Gasteiger charge is 2.18. The minimum absolute atomic E-state index is 0.0824. The largest absolute Gasteiger partial charge is 0.485 e. The Balaban J connectivity index is 1.68. The third kappa shape index (κ3) is 4.09. The lowest BCUT2D eigenvalue weighted by Crippen LogP contribution is -2.13. The molecule has 0 amide bonds. The molecule has 0 saturated heterocycles. The van der Waals surface area contributed by atoms with Crippen molar-refractivity contribution in [3.8, 4) is 10.9 Å². The summed E-state index contributed by atoms with van der Waals surface area (Å²) in [6.45, 7) is 5.84. The van der Waals surface area contributed by atoms with Crippen LogP contribution in [0.2, 0.25) is 0 Å². The number of aromatic nitrogens is 2. The molecule has 0 fully saturated rings. The van der Waals surface area contributed by atoms with Crippen molar-refractivity contribution in [2.75, 3.05) is 13.2 Å². The second-order valence-electron chi connectivity index (χ2n) is 5.89. The predicted molar refractivity (Wildman–Crippen MR) is 103 cm³/mol. The van der Waals surface area contributed by atoms with E-state index < -0.39 is 0 Å². The highest BCUT2D eigenvalue weighted by Crippen LogP contribution is 2.23. The van der Waals surface area contributed by atoms with Gasteiger partial charge in [0.25, 0.3) is 0 Å². The van der Waals surface area contributed by atoms with Gasteiger partial charge in [-0.15, -0.1) is 11.3 Å². The lowest BCUT2D eigenvalue weighted by atomic mass is 10.1. The molecular weight excluding hydrogens is 364 g/mol. The molecule has 0 atom stereocenters. The number of rotatable bonds is 7. The van der Waals surface area contributed by atoms with Crippen molar-refractivity contribution in [3.05, 3.63) is 64.4 Å². The van der Waals surface area contributed by atoms with Crippen LogP contribution in [0.25, 0.3) is 5.13 Å². The summed E-state index contributed by atoms with van der Waals surface area (Å²) in [5, 5.41) is 2.73. The van der Waals surface area contributed by atoms with Crippen LogP contribution in [0, 0.1) is 13.8 Å². The van der Waals surface area contributed by atoms with Gasteiger partial charge in [0, 0.05) is 28.5 Å². The number of ether oxygens (including phenoxy) is 2. The van der Waals surface area contributed by atoms with Crippen molar-refractivity contribution in [1.29, 1.82) is 0 Å². The van der Waals surface area contributed by atoms with Gasteiger partial charge in [-0.2, -0.15) is 0 Å². The van der Waals surface area contributed by atoms with Crippen LogP contribution in [0.5, 0.6) is 5.75 Å². The Morgan fingerprint density at radius 1 is 1.19 bits per heavy atom. The molecule has 140 valence electrons. The van der Waals surface area contributed by atoms with Crippen LogP contribution in [-0.2, 0) is 4.74 Å². The van der Waals surface area contributed by atoms with Crippen LogP contribution in [0.15, 0.2) is 41.9 Å². The monoisotopic (exact) mass is 384 g/mol. The fourth-order valence-electron chi connectivity index (χ4n) is 2.79. The summed E-state index contributed by atoms with van der Waals surface area (Å²) in [5.74, 6) is 0.0280. The summed E-state index contributed by atoms with van der Waals surface area (Å²) in [6, 6.07) is 8.39. The number of nitrogens with zero attached hydrogens (tertiary/aromatic N) is 2. The van der Waals surface area contributed by atoms with Crippen molar-refractivity contribution < 1.29 is 19.1 Å². The van der Waals surface area contributed by atoms with E-state index in [9.17, 15) is 9.59 Å². The molecule has 0 bridgehead atoms. The second-order valence-corrected chi connectivity index (χ2v) is 6.76. The molecule has 27 heavy (non-hydrogen) atoms. The number of ketones is 1. The first-order valence-corrected chi connectivity index (χ1v) is 9.41. The molecule has 3 rings (SSSR count). The van der Waals surface area contributed by atoms with E-state index in [0.717, 1.165) is 16.5 Å². The van der Waals surface area contributed by atoms with E-state index >= 15 is 0 Å². The minimum Gasteiger partial charge on any atom is -0.485 e. The third-order valence-electron chi connectivity index (χ3n) is 4.08. The number of hydrogen-bond donors (Lipinski definition) is 0. The number of thiazole rings is 1. The molecule has 7 heteroatoms. The van der Waals surface area contributed by atoms with Crippen molar-refractivity contribution in [2.45, 2.75) is 20.8 Å². The molecule has 1 aromatic carbocycles. The van der Waals surface area contributed by atoms with Gasteiger partial charge in [-0.1, -0.05) is 0 Å². The van der Waals surface area contributed by atoms with Crippen molar-refractivity contribution in [1.82, 2.24) is 9.55 Å². The van der Waals surface area contributed by atoms with Gasteiger partial charge in [0.15, 0.2) is 11.7 Å². The smallest absolute Gasteiger partial charge is 0.338 e. The average Bonchev–Trinajstić information content (AvgIpc) is 3.28. The van der Waals surface area contributed by atoms with E-state index in [-0.39, 0.29) is 18.4 Å². The molecule has 0 N–H and O–H groups in total. The minimum atomic E-state index is -0.380. The zero-order chi connectivity index (χ0) is 19.4. The van der Waals surface area contributed by atoms with Crippen LogP contribution >= 0.6 is 11.3 Å². The molecule has 0 unspecified atom stereocenters. The van der Waals surface area contributed by atoms with Crippen molar-refractivity contribution in [2.24, 2.45) is 0 Å². The van der Waals surface area contributed by atoms with Gasteiger partial charge in [0.05, 0.1) is 12.2 Å². The third-order valence-corrected chi connectivity index (χ3v) is 4.83. The fourth-order valence-corrected chi connectivity index (χ4v) is 3.55. The quantitative estimate of drug-likeness (QED) is 0.455. The zero-order valence-electron chi connectivity index (χ0n) is 15.4. The Hall–Kier alpha value is -2.93. The molecule has 0 aliphatic heterocycles. The van der Waals surface area contributed by atoms with Crippen molar-refractivity contribution in [3.63, 3.8) is 0 Å². The molecule has 0 radical (unpaired) electrons. The topological polar surface area (TPSA) is 70.4 Å². The molecule has 0 saturated carbocycles. The van der Waals surface area contributed by atoms with Gasteiger partial charge in [0.2, 0.25) is 5.78 Å². The first-order valence-electron chi connectivity index (χ1n) is 8.53. The number of carbonyl (C=O) groups is 2. The van der Waals surface area contributed by atoms with Gasteiger partial charge < -0.3 is 9.47 Å². The van der Waals surface area contributed by atoms with E-state index in [4.69, 9.17) is 9.47 Å². The molecule has 0 aliphatic carbocycles. The SMILES string of the molecule is CCOC(=O)c1ccc(OCC(=O)c2cc(C)n(-c3nccs3)c2C)cc1. The van der Waals surface area contributed by atoms with Gasteiger partial charge in [0.1, 0.15) is 5.75 Å². The van der Waals surface area contributed by atoms with E-state index in [0.29, 0.717) is 23.5 Å². The van der Waals surface area contributed by atoms with Crippen LogP contribution in [0.4, 0.5) is 0 Å². The maximum Gasteiger partial charge on any atom is 0.338 e. The Kier molecular flexibility index (Phi) is 5.71. The molecule has 0 spiro atoms. The Morgan fingerprint density at radius 2 is 1.93 bits per heavy atom. The van der Waals surface area contributed by atoms with E-state index in [2.05, 4.69) is 4.98 Å². The predicted octanol–water partition coefficient (Wildman–Crippen LogP) is 3.99. The molecule has 3 aromatic rings. The van der Waals surface area contributed by atoms with E-state index in [1.54, 1.807) is 37.4 Å². The molecule has 0 aliphatic rings. The number of carbonyl (C=O) groups excluding carboxylic acids is 2. The van der Waals surface area contributed by atoms with Gasteiger partial charge >= 0.3 is 5.97 Å². The van der Waals surface area contributed by atoms with Gasteiger partial charge in [-0.25, -0.2) is 9.78 Å². The number of Topliss-reactive ketones (excluding diaryl/α,β-unsaturated/α-hetero) is 1. The molecule has 2 aromatic heterocycles. The summed E-state index contributed by atoms with van der Waals surface area (Å²) >= 11 is 1.52. The fraction of sp³-hybridized carbons (Fsp3) is 0.250. The molecule has 2 heterocycles. The Morgan fingerprint density at radius 3 is 2.56 bits per heavy atom. The van der Waals surface area contributed by atoms with Gasteiger partial charge in [-0.3, -0.25) is 9.36 Å². The summed E-state index contributed by atoms with van der Waals surface area (Å²) in [5.41, 5.74) is 2.85. The van der Waals surface area contributed by atoms with Crippen molar-refractivity contribution >= 4 is 23.1 Å². The lowest BCUT2D eigenvalue weighted by Gasteiger charge is -2.08. The summed E-state index contributed by atoms with van der Waals surface area (Å²) in [4.78, 5) is 28.6. The summed E-state index contributed by atoms with van der Waals surface area (Å²) in [6.07, 6.45) is 1.74. The molecular formula is C20H20N2O4S. The highest BCUT2D eigenvalue weighted by molar-refractivity contribution is 7.12. The van der Waals surface area contributed by atoms with Crippen LogP contribution in [0.3, 0.4) is 0 Å². The summed E-state index contributed by atoms with van der Waals surface area (Å²) in [7, 11) is 0. The van der Waals surface area contributed by atoms with E-state index in [1.807, 2.05) is 29.9 Å². The highest BCUT2D eigenvalue weighted by atomic mass is 32.1. The van der Waals surface area contributed by atoms with E-state index in [1.165, 1.54) is 11.3 Å². The Labute approximate surface area is 161 Å². The van der Waals surface area contributed by atoms with Gasteiger partial charge in [-0.05, 0) is 51.1 Å². The standard InChI is InChI=1S/C20H20N2O4S/c1-4-25-19(24)15-5-7-16(8-6-15)26-12-18(23)17-11-13(2)22(14(17)3)20-21-9-10-27-20/h5-11H,4,12H2,1-3H3. The van der Waals surface area contributed by atoms with Crippen LogP contribution < -0.4 is 4.74 Å². The maximum absolute atomic E-state index is 12.6. The first-order chi connectivity index (χ1) is 13.0.